The van der Waals surface area contributed by atoms with Gasteiger partial charge in [-0.2, -0.15) is 30.9 Å². The summed E-state index contributed by atoms with van der Waals surface area (Å²) < 4.78 is 61.5. The van der Waals surface area contributed by atoms with Crippen molar-refractivity contribution in [1.29, 1.82) is 0 Å². The van der Waals surface area contributed by atoms with E-state index < -0.39 is 34.1 Å². The van der Waals surface area contributed by atoms with Crippen LogP contribution in [0.25, 0.3) is 0 Å². The lowest BCUT2D eigenvalue weighted by Crippen LogP contribution is -2.47. The van der Waals surface area contributed by atoms with Gasteiger partial charge in [0.1, 0.15) is 5.82 Å². The number of nitrogens with zero attached hydrogens (tertiary/aromatic N) is 1. The number of benzene rings is 1. The largest absolute Gasteiger partial charge is 0.380 e. The van der Waals surface area contributed by atoms with Gasteiger partial charge in [-0.25, -0.2) is 8.78 Å². The van der Waals surface area contributed by atoms with Crippen LogP contribution in [0, 0.1) is 12.7 Å². The first-order chi connectivity index (χ1) is 12.2. The molecule has 0 spiro atoms. The van der Waals surface area contributed by atoms with Crippen molar-refractivity contribution in [2.24, 2.45) is 0 Å². The number of ether oxygens (including phenoxy) is 1. The van der Waals surface area contributed by atoms with Gasteiger partial charge in [0.05, 0.1) is 13.2 Å². The fourth-order valence-electron chi connectivity index (χ4n) is 3.01. The van der Waals surface area contributed by atoms with E-state index in [4.69, 9.17) is 4.74 Å². The summed E-state index contributed by atoms with van der Waals surface area (Å²) >= 11 is 0. The zero-order valence-corrected chi connectivity index (χ0v) is 16.6. The molecule has 1 unspecified atom stereocenters. The first kappa shape index (κ1) is 22.0. The molecule has 2 aliphatic rings. The average molecular weight is 424 g/mol. The summed E-state index contributed by atoms with van der Waals surface area (Å²) in [5.74, 6) is -1.37. The minimum atomic E-state index is -3.90. The monoisotopic (exact) mass is 423 g/mol. The zero-order valence-electron chi connectivity index (χ0n) is 14.8. The summed E-state index contributed by atoms with van der Waals surface area (Å²) in [5, 5.41) is 2.40. The second-order valence-corrected chi connectivity index (χ2v) is 8.35. The number of aryl methyl sites for hydroxylation is 1. The summed E-state index contributed by atoms with van der Waals surface area (Å²) in [7, 11) is -3.90. The molecule has 3 rings (SSSR count). The molecule has 2 N–H and O–H groups in total. The van der Waals surface area contributed by atoms with Gasteiger partial charge in [0.2, 0.25) is 5.67 Å². The molecule has 11 heteroatoms. The van der Waals surface area contributed by atoms with Crippen LogP contribution < -0.4 is 10.0 Å². The molecule has 2 aliphatic heterocycles. The van der Waals surface area contributed by atoms with Gasteiger partial charge < -0.3 is 10.1 Å². The summed E-state index contributed by atoms with van der Waals surface area (Å²) in [5.41, 5.74) is -1.77. The third-order valence-electron chi connectivity index (χ3n) is 4.59. The van der Waals surface area contributed by atoms with Crippen LogP contribution in [0.1, 0.15) is 18.4 Å². The molecule has 152 valence electrons. The van der Waals surface area contributed by atoms with Gasteiger partial charge in [-0.15, -0.1) is 0 Å². The van der Waals surface area contributed by atoms with Crippen LogP contribution in [0.4, 0.5) is 14.5 Å². The Hall–Kier alpha value is -1.27. The van der Waals surface area contributed by atoms with E-state index >= 15 is 4.39 Å². The van der Waals surface area contributed by atoms with Gasteiger partial charge in [0, 0.05) is 31.3 Å². The molecule has 27 heavy (non-hydrogen) atoms. The van der Waals surface area contributed by atoms with Crippen LogP contribution in [0.2, 0.25) is 0 Å². The van der Waals surface area contributed by atoms with Gasteiger partial charge >= 0.3 is 0 Å². The number of carbonyl (C=O) groups is 1. The summed E-state index contributed by atoms with van der Waals surface area (Å²) in [6.45, 7) is 1.60. The van der Waals surface area contributed by atoms with Gasteiger partial charge in [-0.3, -0.25) is 4.79 Å². The topological polar surface area (TPSA) is 87.7 Å². The molecule has 2 heterocycles. The van der Waals surface area contributed by atoms with Crippen LogP contribution in [0.15, 0.2) is 18.2 Å². The Bertz CT molecular complexity index is 803. The van der Waals surface area contributed by atoms with Crippen molar-refractivity contribution in [2.75, 3.05) is 31.6 Å². The molecular formula is C16H23F2N3O4S2. The highest BCUT2D eigenvalue weighted by Gasteiger charge is 2.49. The molecule has 0 saturated carbocycles. The summed E-state index contributed by atoms with van der Waals surface area (Å²) in [6.07, 6.45) is 0.305. The normalized spacial score (nSPS) is 26.0. The average Bonchev–Trinajstić information content (AvgIpc) is 3.21. The van der Waals surface area contributed by atoms with E-state index in [9.17, 15) is 17.6 Å². The minimum absolute atomic E-state index is 0. The maximum absolute atomic E-state index is 15.0. The van der Waals surface area contributed by atoms with E-state index in [1.54, 1.807) is 0 Å². The Kier molecular flexibility index (Phi) is 6.85. The van der Waals surface area contributed by atoms with Gasteiger partial charge in [0.25, 0.3) is 16.1 Å². The molecule has 0 aromatic heterocycles. The Labute approximate surface area is 164 Å². The number of alkyl halides is 1. The zero-order chi connectivity index (χ0) is 18.9. The number of rotatable bonds is 5. The van der Waals surface area contributed by atoms with E-state index in [-0.39, 0.29) is 44.8 Å². The third kappa shape index (κ3) is 4.96. The molecule has 0 bridgehead atoms. The Morgan fingerprint density at radius 1 is 1.41 bits per heavy atom. The SMILES string of the molecule is Cc1cc(NC(=O)C2(F)CCN(S(=O)(=O)N[C@H]3CCOC3)C2)ccc1F.S. The highest BCUT2D eigenvalue weighted by molar-refractivity contribution is 7.87. The maximum Gasteiger partial charge on any atom is 0.279 e. The predicted molar refractivity (Wildman–Crippen MR) is 101 cm³/mol. The van der Waals surface area contributed by atoms with Crippen LogP contribution in [0.5, 0.6) is 0 Å². The Balaban J connectivity index is 0.00000261. The standard InChI is InChI=1S/C16H21F2N3O4S.H2S/c1-11-8-12(2-3-14(11)17)19-15(22)16(18)5-6-21(10-16)26(23,24)20-13-4-7-25-9-13;/h2-3,8,13,20H,4-7,9-10H2,1H3,(H,19,22);1H2/t13-,16?;/m0./s1. The van der Waals surface area contributed by atoms with Crippen LogP contribution in [-0.4, -0.2) is 56.6 Å². The quantitative estimate of drug-likeness (QED) is 0.746. The van der Waals surface area contributed by atoms with E-state index in [1.807, 2.05) is 0 Å². The summed E-state index contributed by atoms with van der Waals surface area (Å²) in [6, 6.07) is 3.55. The first-order valence-electron chi connectivity index (χ1n) is 8.31. The Morgan fingerprint density at radius 2 is 2.15 bits per heavy atom. The number of carbonyl (C=O) groups excluding carboxylic acids is 1. The number of nitrogens with one attached hydrogen (secondary N) is 2. The lowest BCUT2D eigenvalue weighted by atomic mass is 10.0. The lowest BCUT2D eigenvalue weighted by Gasteiger charge is -2.22. The van der Waals surface area contributed by atoms with Crippen LogP contribution in [0.3, 0.4) is 0 Å². The highest BCUT2D eigenvalue weighted by Crippen LogP contribution is 2.29. The van der Waals surface area contributed by atoms with Crippen molar-refractivity contribution >= 4 is 35.3 Å². The molecule has 0 radical (unpaired) electrons. The van der Waals surface area contributed by atoms with Crippen molar-refractivity contribution in [3.05, 3.63) is 29.6 Å². The second kappa shape index (κ2) is 8.39. The molecule has 1 aromatic carbocycles. The van der Waals surface area contributed by atoms with Gasteiger partial charge in [-0.1, -0.05) is 0 Å². The van der Waals surface area contributed by atoms with Crippen molar-refractivity contribution in [2.45, 2.75) is 31.5 Å². The highest BCUT2D eigenvalue weighted by atomic mass is 32.2. The third-order valence-corrected chi connectivity index (χ3v) is 6.22. The molecule has 2 atom stereocenters. The lowest BCUT2D eigenvalue weighted by molar-refractivity contribution is -0.126. The first-order valence-corrected chi connectivity index (χ1v) is 9.75. The van der Waals surface area contributed by atoms with Crippen molar-refractivity contribution in [3.8, 4) is 0 Å². The van der Waals surface area contributed by atoms with E-state index in [0.29, 0.717) is 18.6 Å². The van der Waals surface area contributed by atoms with Gasteiger partial charge in [0.15, 0.2) is 0 Å². The smallest absolute Gasteiger partial charge is 0.279 e. The number of hydrogen-bond acceptors (Lipinski definition) is 4. The number of halogens is 2. The van der Waals surface area contributed by atoms with Crippen molar-refractivity contribution < 1.29 is 26.7 Å². The molecule has 1 amide bonds. The Morgan fingerprint density at radius 3 is 2.78 bits per heavy atom. The van der Waals surface area contributed by atoms with E-state index in [0.717, 1.165) is 4.31 Å². The van der Waals surface area contributed by atoms with E-state index in [2.05, 4.69) is 10.0 Å². The molecule has 2 fully saturated rings. The van der Waals surface area contributed by atoms with E-state index in [1.165, 1.54) is 25.1 Å². The summed E-state index contributed by atoms with van der Waals surface area (Å²) in [4.78, 5) is 12.3. The van der Waals surface area contributed by atoms with Crippen LogP contribution >= 0.6 is 13.5 Å². The number of anilines is 1. The maximum atomic E-state index is 15.0. The fourth-order valence-corrected chi connectivity index (χ4v) is 4.47. The van der Waals surface area contributed by atoms with Gasteiger partial charge in [-0.05, 0) is 37.1 Å². The molecule has 7 nitrogen and oxygen atoms in total. The minimum Gasteiger partial charge on any atom is -0.380 e. The number of hydrogen-bond donors (Lipinski definition) is 2. The molecular weight excluding hydrogens is 400 g/mol. The fraction of sp³-hybridized carbons (Fsp3) is 0.562. The van der Waals surface area contributed by atoms with Crippen molar-refractivity contribution in [3.63, 3.8) is 0 Å². The predicted octanol–water partition coefficient (Wildman–Crippen LogP) is 1.22. The molecule has 0 aliphatic carbocycles. The molecule has 1 aromatic rings. The van der Waals surface area contributed by atoms with Crippen molar-refractivity contribution in [1.82, 2.24) is 9.03 Å². The van der Waals surface area contributed by atoms with Crippen LogP contribution in [-0.2, 0) is 19.7 Å². The second-order valence-electron chi connectivity index (χ2n) is 6.65. The molecule has 2 saturated heterocycles. The number of amides is 1.